The molecule has 2 fully saturated rings. The largest absolute Gasteiger partial charge is 0.349 e. The molecule has 1 saturated carbocycles. The zero-order valence-electron chi connectivity index (χ0n) is 14.4. The standard InChI is InChI=1S/C18H26N4O2/c1-17(2,13-6-10-19-11-7-13)12-20-16(24)21-14-4-5-15(23)22-18(14)8-3-9-18/h6-7,10-11,14H,3-5,8-9,12H2,1-2H3,(H,22,23)(H2,20,21,24)/t14-/m1/s1. The van der Waals surface area contributed by atoms with E-state index in [4.69, 9.17) is 0 Å². The summed E-state index contributed by atoms with van der Waals surface area (Å²) in [6, 6.07) is 3.80. The normalized spacial score (nSPS) is 22.4. The van der Waals surface area contributed by atoms with Crippen LogP contribution < -0.4 is 16.0 Å². The molecule has 24 heavy (non-hydrogen) atoms. The lowest BCUT2D eigenvalue weighted by Gasteiger charge is -2.50. The van der Waals surface area contributed by atoms with Crippen molar-refractivity contribution in [3.8, 4) is 0 Å². The maximum Gasteiger partial charge on any atom is 0.315 e. The molecule has 1 atom stereocenters. The predicted octanol–water partition coefficient (Wildman–Crippen LogP) is 1.86. The second-order valence-electron chi connectivity index (χ2n) is 7.60. The van der Waals surface area contributed by atoms with E-state index in [1.54, 1.807) is 12.4 Å². The number of hydrogen-bond acceptors (Lipinski definition) is 3. The summed E-state index contributed by atoms with van der Waals surface area (Å²) >= 11 is 0. The van der Waals surface area contributed by atoms with Crippen LogP contribution in [-0.2, 0) is 10.2 Å². The Balaban J connectivity index is 1.55. The highest BCUT2D eigenvalue weighted by Gasteiger charge is 2.48. The number of amides is 3. The second-order valence-corrected chi connectivity index (χ2v) is 7.60. The van der Waals surface area contributed by atoms with Crippen LogP contribution >= 0.6 is 0 Å². The topological polar surface area (TPSA) is 83.1 Å². The Morgan fingerprint density at radius 3 is 2.71 bits per heavy atom. The van der Waals surface area contributed by atoms with Crippen molar-refractivity contribution in [2.45, 2.75) is 62.9 Å². The molecule has 1 aromatic rings. The van der Waals surface area contributed by atoms with Crippen molar-refractivity contribution in [1.82, 2.24) is 20.9 Å². The lowest BCUT2D eigenvalue weighted by atomic mass is 9.68. The number of hydrogen-bond donors (Lipinski definition) is 3. The first kappa shape index (κ1) is 16.7. The Hall–Kier alpha value is -2.11. The minimum Gasteiger partial charge on any atom is -0.349 e. The van der Waals surface area contributed by atoms with Crippen LogP contribution in [0.4, 0.5) is 4.79 Å². The molecule has 0 radical (unpaired) electrons. The number of urea groups is 1. The van der Waals surface area contributed by atoms with Crippen molar-refractivity contribution in [3.05, 3.63) is 30.1 Å². The summed E-state index contributed by atoms with van der Waals surface area (Å²) in [4.78, 5) is 28.1. The van der Waals surface area contributed by atoms with Gasteiger partial charge in [-0.15, -0.1) is 0 Å². The van der Waals surface area contributed by atoms with Gasteiger partial charge < -0.3 is 16.0 Å². The van der Waals surface area contributed by atoms with Crippen molar-refractivity contribution in [2.24, 2.45) is 0 Å². The van der Waals surface area contributed by atoms with Crippen LogP contribution in [-0.4, -0.2) is 35.0 Å². The quantitative estimate of drug-likeness (QED) is 0.788. The van der Waals surface area contributed by atoms with Gasteiger partial charge in [0.2, 0.25) is 5.91 Å². The molecule has 3 N–H and O–H groups in total. The Labute approximate surface area is 142 Å². The van der Waals surface area contributed by atoms with E-state index in [9.17, 15) is 9.59 Å². The molecule has 6 heteroatoms. The monoisotopic (exact) mass is 330 g/mol. The average molecular weight is 330 g/mol. The van der Waals surface area contributed by atoms with Crippen LogP contribution in [0.25, 0.3) is 0 Å². The summed E-state index contributed by atoms with van der Waals surface area (Å²) in [5.74, 6) is 0.104. The number of rotatable bonds is 4. The summed E-state index contributed by atoms with van der Waals surface area (Å²) in [6.07, 6.45) is 7.74. The van der Waals surface area contributed by atoms with Gasteiger partial charge in [-0.1, -0.05) is 13.8 Å². The molecule has 0 unspecified atom stereocenters. The fourth-order valence-electron chi connectivity index (χ4n) is 3.64. The van der Waals surface area contributed by atoms with Crippen LogP contribution in [0.3, 0.4) is 0 Å². The van der Waals surface area contributed by atoms with Crippen molar-refractivity contribution in [3.63, 3.8) is 0 Å². The highest BCUT2D eigenvalue weighted by atomic mass is 16.2. The number of carbonyl (C=O) groups is 2. The lowest BCUT2D eigenvalue weighted by molar-refractivity contribution is -0.127. The van der Waals surface area contributed by atoms with Gasteiger partial charge in [0, 0.05) is 30.8 Å². The molecular weight excluding hydrogens is 304 g/mol. The zero-order chi connectivity index (χ0) is 17.2. The van der Waals surface area contributed by atoms with Crippen LogP contribution in [0.2, 0.25) is 0 Å². The number of aromatic nitrogens is 1. The lowest BCUT2D eigenvalue weighted by Crippen LogP contribution is -2.69. The number of carbonyl (C=O) groups excluding carboxylic acids is 2. The Kier molecular flexibility index (Phi) is 4.47. The molecule has 3 amide bonds. The molecule has 130 valence electrons. The molecule has 1 aliphatic heterocycles. The van der Waals surface area contributed by atoms with E-state index in [1.165, 1.54) is 0 Å². The van der Waals surface area contributed by atoms with E-state index < -0.39 is 0 Å². The maximum absolute atomic E-state index is 12.4. The third kappa shape index (κ3) is 3.37. The van der Waals surface area contributed by atoms with E-state index in [-0.39, 0.29) is 28.9 Å². The van der Waals surface area contributed by atoms with Crippen molar-refractivity contribution >= 4 is 11.9 Å². The van der Waals surface area contributed by atoms with Gasteiger partial charge in [0.25, 0.3) is 0 Å². The van der Waals surface area contributed by atoms with Gasteiger partial charge >= 0.3 is 6.03 Å². The van der Waals surface area contributed by atoms with Gasteiger partial charge in [-0.2, -0.15) is 0 Å². The first-order valence-electron chi connectivity index (χ1n) is 8.67. The van der Waals surface area contributed by atoms with Gasteiger partial charge in [-0.05, 0) is 43.4 Å². The molecule has 6 nitrogen and oxygen atoms in total. The second kappa shape index (κ2) is 6.42. The van der Waals surface area contributed by atoms with Crippen molar-refractivity contribution in [1.29, 1.82) is 0 Å². The third-order valence-corrected chi connectivity index (χ3v) is 5.42. The van der Waals surface area contributed by atoms with Crippen LogP contribution in [0, 0.1) is 0 Å². The molecular formula is C18H26N4O2. The minimum atomic E-state index is -0.215. The number of piperidine rings is 1. The highest BCUT2D eigenvalue weighted by Crippen LogP contribution is 2.38. The van der Waals surface area contributed by atoms with E-state index >= 15 is 0 Å². The molecule has 1 aliphatic carbocycles. The van der Waals surface area contributed by atoms with E-state index in [0.29, 0.717) is 19.4 Å². The molecule has 2 heterocycles. The van der Waals surface area contributed by atoms with E-state index in [1.807, 2.05) is 12.1 Å². The van der Waals surface area contributed by atoms with Crippen LogP contribution in [0.15, 0.2) is 24.5 Å². The fourth-order valence-corrected chi connectivity index (χ4v) is 3.64. The number of nitrogens with one attached hydrogen (secondary N) is 3. The molecule has 1 spiro atoms. The predicted molar refractivity (Wildman–Crippen MR) is 91.5 cm³/mol. The van der Waals surface area contributed by atoms with Gasteiger partial charge in [-0.3, -0.25) is 9.78 Å². The Morgan fingerprint density at radius 2 is 2.08 bits per heavy atom. The average Bonchev–Trinajstić information content (AvgIpc) is 2.54. The summed E-state index contributed by atoms with van der Waals surface area (Å²) < 4.78 is 0. The molecule has 0 aromatic carbocycles. The fraction of sp³-hybridized carbons (Fsp3) is 0.611. The highest BCUT2D eigenvalue weighted by molar-refractivity contribution is 5.80. The van der Waals surface area contributed by atoms with E-state index in [2.05, 4.69) is 34.8 Å². The third-order valence-electron chi connectivity index (χ3n) is 5.42. The van der Waals surface area contributed by atoms with Crippen molar-refractivity contribution < 1.29 is 9.59 Å². The smallest absolute Gasteiger partial charge is 0.315 e. The van der Waals surface area contributed by atoms with Gasteiger partial charge in [-0.25, -0.2) is 4.79 Å². The summed E-state index contributed by atoms with van der Waals surface area (Å²) in [6.45, 7) is 4.72. The Morgan fingerprint density at radius 1 is 1.38 bits per heavy atom. The molecule has 2 aliphatic rings. The van der Waals surface area contributed by atoms with E-state index in [0.717, 1.165) is 24.8 Å². The van der Waals surface area contributed by atoms with Crippen molar-refractivity contribution in [2.75, 3.05) is 6.54 Å². The minimum absolute atomic E-state index is 0.0213. The first-order chi connectivity index (χ1) is 11.4. The number of pyridine rings is 1. The van der Waals surface area contributed by atoms with Gasteiger partial charge in [0.15, 0.2) is 0 Å². The number of nitrogens with zero attached hydrogens (tertiary/aromatic N) is 1. The summed E-state index contributed by atoms with van der Waals surface area (Å²) in [5.41, 5.74) is 0.751. The van der Waals surface area contributed by atoms with Gasteiger partial charge in [0.1, 0.15) is 0 Å². The zero-order valence-corrected chi connectivity index (χ0v) is 14.4. The maximum atomic E-state index is 12.4. The molecule has 0 bridgehead atoms. The van der Waals surface area contributed by atoms with Crippen LogP contribution in [0.5, 0.6) is 0 Å². The molecule has 1 aromatic heterocycles. The van der Waals surface area contributed by atoms with Crippen LogP contribution in [0.1, 0.15) is 51.5 Å². The molecule has 1 saturated heterocycles. The first-order valence-corrected chi connectivity index (χ1v) is 8.67. The Bertz CT molecular complexity index is 611. The SMILES string of the molecule is CC(C)(CNC(=O)N[C@@H]1CCC(=O)NC12CCC2)c1ccncc1. The summed E-state index contributed by atoms with van der Waals surface area (Å²) in [7, 11) is 0. The summed E-state index contributed by atoms with van der Waals surface area (Å²) in [5, 5.41) is 9.16. The van der Waals surface area contributed by atoms with Gasteiger partial charge in [0.05, 0.1) is 11.6 Å². The molecule has 3 rings (SSSR count).